The molecule has 1 aromatic heterocycles. The second-order valence-electron chi connectivity index (χ2n) is 3.90. The lowest BCUT2D eigenvalue weighted by Gasteiger charge is -2.11. The molecule has 7 heteroatoms. The van der Waals surface area contributed by atoms with Gasteiger partial charge in [-0.05, 0) is 37.3 Å². The number of hydrogen-bond acceptors (Lipinski definition) is 3. The number of carbonyl (C=O) groups excluding carboxylic acids is 1. The maximum absolute atomic E-state index is 11.9. The number of aryl methyl sites for hydroxylation is 1. The van der Waals surface area contributed by atoms with E-state index in [0.717, 1.165) is 0 Å². The van der Waals surface area contributed by atoms with Crippen LogP contribution in [0.5, 0.6) is 0 Å². The van der Waals surface area contributed by atoms with Gasteiger partial charge in [0.15, 0.2) is 5.11 Å². The molecular weight excluding hydrogens is 319 g/mol. The fraction of sp³-hybridized carbons (Fsp3) is 0.0769. The predicted octanol–water partition coefficient (Wildman–Crippen LogP) is 4.02. The van der Waals surface area contributed by atoms with Gasteiger partial charge in [0.2, 0.25) is 0 Å². The monoisotopic (exact) mass is 328 g/mol. The highest BCUT2D eigenvalue weighted by atomic mass is 35.5. The van der Waals surface area contributed by atoms with Crippen molar-refractivity contribution in [1.82, 2.24) is 5.32 Å². The van der Waals surface area contributed by atoms with Gasteiger partial charge in [-0.3, -0.25) is 10.1 Å². The molecule has 0 bridgehead atoms. The second-order valence-corrected chi connectivity index (χ2v) is 5.09. The first-order chi connectivity index (χ1) is 9.49. The Morgan fingerprint density at radius 1 is 1.30 bits per heavy atom. The summed E-state index contributed by atoms with van der Waals surface area (Å²) in [5.41, 5.74) is 0.944. The van der Waals surface area contributed by atoms with Gasteiger partial charge in [0.1, 0.15) is 5.76 Å². The summed E-state index contributed by atoms with van der Waals surface area (Å²) < 4.78 is 5.06. The van der Waals surface area contributed by atoms with Gasteiger partial charge in [0.05, 0.1) is 27.6 Å². The van der Waals surface area contributed by atoms with Crippen molar-refractivity contribution in [2.24, 2.45) is 0 Å². The van der Waals surface area contributed by atoms with Gasteiger partial charge in [-0.25, -0.2) is 0 Å². The van der Waals surface area contributed by atoms with Crippen molar-refractivity contribution in [2.45, 2.75) is 6.92 Å². The summed E-state index contributed by atoms with van der Waals surface area (Å²) in [5.74, 6) is 0.165. The molecule has 2 N–H and O–H groups in total. The standard InChI is InChI=1S/C13H10Cl2N2O2S/c1-7-8(5-6-19-7)12(18)17-13(20)16-10-4-2-3-9(14)11(10)15/h2-6H,1H3,(H2,16,17,18,20). The van der Waals surface area contributed by atoms with Gasteiger partial charge in [0.25, 0.3) is 5.91 Å². The average molecular weight is 329 g/mol. The number of benzene rings is 1. The quantitative estimate of drug-likeness (QED) is 0.817. The summed E-state index contributed by atoms with van der Waals surface area (Å²) in [6.45, 7) is 1.69. The summed E-state index contributed by atoms with van der Waals surface area (Å²) in [5, 5.41) is 6.22. The van der Waals surface area contributed by atoms with E-state index in [-0.39, 0.29) is 11.0 Å². The lowest BCUT2D eigenvalue weighted by Crippen LogP contribution is -2.34. The number of nitrogens with one attached hydrogen (secondary N) is 2. The number of carbonyl (C=O) groups is 1. The van der Waals surface area contributed by atoms with Crippen LogP contribution in [0.15, 0.2) is 34.9 Å². The number of halogens is 2. The van der Waals surface area contributed by atoms with Gasteiger partial charge >= 0.3 is 0 Å². The molecule has 0 radical (unpaired) electrons. The zero-order valence-corrected chi connectivity index (χ0v) is 12.7. The molecule has 1 aromatic carbocycles. The highest BCUT2D eigenvalue weighted by Crippen LogP contribution is 2.29. The number of thiocarbonyl (C=S) groups is 1. The van der Waals surface area contributed by atoms with Crippen molar-refractivity contribution in [2.75, 3.05) is 5.32 Å². The lowest BCUT2D eigenvalue weighted by atomic mass is 10.2. The Bertz CT molecular complexity index is 670. The van der Waals surface area contributed by atoms with E-state index in [1.165, 1.54) is 6.26 Å². The summed E-state index contributed by atoms with van der Waals surface area (Å²) in [6, 6.07) is 6.65. The molecule has 2 rings (SSSR count). The highest BCUT2D eigenvalue weighted by Gasteiger charge is 2.13. The zero-order valence-electron chi connectivity index (χ0n) is 10.4. The SMILES string of the molecule is Cc1occc1C(=O)NC(=S)Nc1cccc(Cl)c1Cl. The Morgan fingerprint density at radius 2 is 2.05 bits per heavy atom. The molecule has 1 amide bonds. The molecule has 0 saturated heterocycles. The molecule has 0 atom stereocenters. The molecule has 0 saturated carbocycles. The Morgan fingerprint density at radius 3 is 2.70 bits per heavy atom. The number of amides is 1. The first-order valence-electron chi connectivity index (χ1n) is 5.59. The van der Waals surface area contributed by atoms with Crippen LogP contribution in [0.4, 0.5) is 5.69 Å². The van der Waals surface area contributed by atoms with Crippen LogP contribution >= 0.6 is 35.4 Å². The largest absolute Gasteiger partial charge is 0.469 e. The molecule has 0 aliphatic heterocycles. The van der Waals surface area contributed by atoms with E-state index in [1.807, 2.05) is 0 Å². The van der Waals surface area contributed by atoms with Crippen molar-refractivity contribution >= 4 is 52.1 Å². The predicted molar refractivity (Wildman–Crippen MR) is 83.6 cm³/mol. The van der Waals surface area contributed by atoms with Crippen LogP contribution in [0.25, 0.3) is 0 Å². The lowest BCUT2D eigenvalue weighted by molar-refractivity contribution is 0.0976. The van der Waals surface area contributed by atoms with Crippen LogP contribution in [0.2, 0.25) is 10.0 Å². The minimum atomic E-state index is -0.355. The molecule has 0 aliphatic carbocycles. The third-order valence-corrected chi connectivity index (χ3v) is 3.55. The number of furan rings is 1. The molecule has 4 nitrogen and oxygen atoms in total. The Labute approximate surface area is 131 Å². The average Bonchev–Trinajstić information content (AvgIpc) is 2.81. The van der Waals surface area contributed by atoms with Gasteiger partial charge in [-0.1, -0.05) is 29.3 Å². The van der Waals surface area contributed by atoms with Crippen LogP contribution < -0.4 is 10.6 Å². The van der Waals surface area contributed by atoms with Crippen molar-refractivity contribution in [3.8, 4) is 0 Å². The topological polar surface area (TPSA) is 54.3 Å². The Balaban J connectivity index is 2.05. The second kappa shape index (κ2) is 6.26. The van der Waals surface area contributed by atoms with Crippen LogP contribution in [0, 0.1) is 6.92 Å². The van der Waals surface area contributed by atoms with Gasteiger partial charge < -0.3 is 9.73 Å². The molecule has 104 valence electrons. The maximum Gasteiger partial charge on any atom is 0.260 e. The van der Waals surface area contributed by atoms with E-state index in [1.54, 1.807) is 31.2 Å². The van der Waals surface area contributed by atoms with Crippen LogP contribution in [-0.4, -0.2) is 11.0 Å². The molecular formula is C13H10Cl2N2O2S. The minimum absolute atomic E-state index is 0.125. The van der Waals surface area contributed by atoms with Crippen molar-refractivity contribution in [3.63, 3.8) is 0 Å². The third-order valence-electron chi connectivity index (χ3n) is 2.53. The zero-order chi connectivity index (χ0) is 14.7. The van der Waals surface area contributed by atoms with Crippen molar-refractivity contribution < 1.29 is 9.21 Å². The van der Waals surface area contributed by atoms with E-state index >= 15 is 0 Å². The van der Waals surface area contributed by atoms with Crippen LogP contribution in [-0.2, 0) is 0 Å². The number of rotatable bonds is 2. The van der Waals surface area contributed by atoms with Gasteiger partial charge in [-0.15, -0.1) is 0 Å². The summed E-state index contributed by atoms with van der Waals surface area (Å²) in [6.07, 6.45) is 1.44. The molecule has 0 aliphatic rings. The molecule has 20 heavy (non-hydrogen) atoms. The van der Waals surface area contributed by atoms with Crippen molar-refractivity contribution in [1.29, 1.82) is 0 Å². The fourth-order valence-electron chi connectivity index (χ4n) is 1.54. The van der Waals surface area contributed by atoms with Crippen LogP contribution in [0.3, 0.4) is 0 Å². The smallest absolute Gasteiger partial charge is 0.260 e. The first-order valence-corrected chi connectivity index (χ1v) is 6.76. The van der Waals surface area contributed by atoms with Gasteiger partial charge in [-0.2, -0.15) is 0 Å². The van der Waals surface area contributed by atoms with E-state index < -0.39 is 0 Å². The molecule has 1 heterocycles. The molecule has 0 fully saturated rings. The van der Waals surface area contributed by atoms with Crippen molar-refractivity contribution in [3.05, 3.63) is 51.9 Å². The highest BCUT2D eigenvalue weighted by molar-refractivity contribution is 7.80. The maximum atomic E-state index is 11.9. The van der Waals surface area contributed by atoms with E-state index in [9.17, 15) is 4.79 Å². The van der Waals surface area contributed by atoms with Crippen LogP contribution in [0.1, 0.15) is 16.1 Å². The minimum Gasteiger partial charge on any atom is -0.469 e. The van der Waals surface area contributed by atoms with E-state index in [0.29, 0.717) is 27.1 Å². The summed E-state index contributed by atoms with van der Waals surface area (Å²) in [4.78, 5) is 11.9. The Kier molecular flexibility index (Phi) is 4.65. The third kappa shape index (κ3) is 3.30. The summed E-state index contributed by atoms with van der Waals surface area (Å²) in [7, 11) is 0. The summed E-state index contributed by atoms with van der Waals surface area (Å²) >= 11 is 17.0. The van der Waals surface area contributed by atoms with E-state index in [4.69, 9.17) is 39.8 Å². The molecule has 0 spiro atoms. The van der Waals surface area contributed by atoms with Gasteiger partial charge in [0, 0.05) is 0 Å². The number of hydrogen-bond donors (Lipinski definition) is 2. The fourth-order valence-corrected chi connectivity index (χ4v) is 2.10. The number of anilines is 1. The Hall–Kier alpha value is -1.56. The van der Waals surface area contributed by atoms with E-state index in [2.05, 4.69) is 10.6 Å². The first kappa shape index (κ1) is 14.8. The molecule has 2 aromatic rings. The molecule has 0 unspecified atom stereocenters. The normalized spacial score (nSPS) is 10.2.